The van der Waals surface area contributed by atoms with Crippen molar-refractivity contribution in [3.63, 3.8) is 0 Å². The molecule has 0 amide bonds. The van der Waals surface area contributed by atoms with E-state index in [1.54, 1.807) is 0 Å². The van der Waals surface area contributed by atoms with Crippen LogP contribution in [0.3, 0.4) is 0 Å². The van der Waals surface area contributed by atoms with Crippen LogP contribution in [0.1, 0.15) is 44.2 Å². The third-order valence-electron chi connectivity index (χ3n) is 2.91. The molecule has 2 nitrogen and oxygen atoms in total. The first-order valence-corrected chi connectivity index (χ1v) is 6.71. The van der Waals surface area contributed by atoms with E-state index in [9.17, 15) is 0 Å². The second-order valence-corrected chi connectivity index (χ2v) is 4.80. The van der Waals surface area contributed by atoms with Gasteiger partial charge in [-0.25, -0.2) is 0 Å². The number of nitrogens with one attached hydrogen (secondary N) is 1. The molecule has 0 radical (unpaired) electrons. The van der Waals surface area contributed by atoms with Crippen LogP contribution in [0, 0.1) is 0 Å². The van der Waals surface area contributed by atoms with Crippen molar-refractivity contribution in [3.05, 3.63) is 34.9 Å². The van der Waals surface area contributed by atoms with Crippen LogP contribution in [0.15, 0.2) is 24.3 Å². The molecular weight excluding hydrogens is 234 g/mol. The standard InChI is InChI=1S/C14H22ClNO/c1-12(13-6-8-14(15)9-7-13)16-10-4-2-3-5-11-17/h6-9,12,16-17H,2-5,10-11H2,1H3/t12-/m0/s1. The SMILES string of the molecule is C[C@H](NCCCCCCO)c1ccc(Cl)cc1. The minimum atomic E-state index is 0.314. The van der Waals surface area contributed by atoms with Gasteiger partial charge < -0.3 is 10.4 Å². The zero-order valence-corrected chi connectivity index (χ0v) is 11.2. The Morgan fingerprint density at radius 3 is 2.41 bits per heavy atom. The largest absolute Gasteiger partial charge is 0.396 e. The summed E-state index contributed by atoms with van der Waals surface area (Å²) in [6.07, 6.45) is 4.39. The zero-order valence-electron chi connectivity index (χ0n) is 10.5. The highest BCUT2D eigenvalue weighted by atomic mass is 35.5. The van der Waals surface area contributed by atoms with Crippen molar-refractivity contribution in [2.45, 2.75) is 38.6 Å². The van der Waals surface area contributed by atoms with E-state index in [4.69, 9.17) is 16.7 Å². The summed E-state index contributed by atoms with van der Waals surface area (Å²) in [7, 11) is 0. The van der Waals surface area contributed by atoms with Gasteiger partial charge in [0.1, 0.15) is 0 Å². The lowest BCUT2D eigenvalue weighted by Gasteiger charge is -2.14. The van der Waals surface area contributed by atoms with Gasteiger partial charge in [0.2, 0.25) is 0 Å². The third kappa shape index (κ3) is 6.06. The van der Waals surface area contributed by atoms with Crippen molar-refractivity contribution in [1.82, 2.24) is 5.32 Å². The molecule has 0 unspecified atom stereocenters. The molecule has 0 aromatic heterocycles. The van der Waals surface area contributed by atoms with Gasteiger partial charge in [0.15, 0.2) is 0 Å². The van der Waals surface area contributed by atoms with E-state index in [1.807, 2.05) is 12.1 Å². The molecule has 0 fully saturated rings. The van der Waals surface area contributed by atoms with E-state index in [-0.39, 0.29) is 0 Å². The minimum absolute atomic E-state index is 0.314. The van der Waals surface area contributed by atoms with Crippen LogP contribution >= 0.6 is 11.6 Å². The Kier molecular flexibility index (Phi) is 7.25. The van der Waals surface area contributed by atoms with Crippen molar-refractivity contribution in [3.8, 4) is 0 Å². The van der Waals surface area contributed by atoms with Crippen LogP contribution in [0.25, 0.3) is 0 Å². The molecular formula is C14H22ClNO. The highest BCUT2D eigenvalue weighted by Crippen LogP contribution is 2.15. The van der Waals surface area contributed by atoms with Gasteiger partial charge >= 0.3 is 0 Å². The first-order valence-electron chi connectivity index (χ1n) is 6.33. The van der Waals surface area contributed by atoms with E-state index < -0.39 is 0 Å². The number of aliphatic hydroxyl groups is 1. The predicted molar refractivity (Wildman–Crippen MR) is 73.4 cm³/mol. The molecule has 1 rings (SSSR count). The Hall–Kier alpha value is -0.570. The quantitative estimate of drug-likeness (QED) is 0.697. The lowest BCUT2D eigenvalue weighted by Crippen LogP contribution is -2.19. The van der Waals surface area contributed by atoms with Crippen molar-refractivity contribution < 1.29 is 5.11 Å². The Morgan fingerprint density at radius 2 is 1.76 bits per heavy atom. The van der Waals surface area contributed by atoms with Crippen LogP contribution < -0.4 is 5.32 Å². The Bertz CT molecular complexity index is 300. The number of rotatable bonds is 8. The smallest absolute Gasteiger partial charge is 0.0431 e. The van der Waals surface area contributed by atoms with Gasteiger partial charge in [-0.1, -0.05) is 36.6 Å². The normalized spacial score (nSPS) is 12.6. The fourth-order valence-electron chi connectivity index (χ4n) is 1.78. The zero-order chi connectivity index (χ0) is 12.5. The van der Waals surface area contributed by atoms with E-state index >= 15 is 0 Å². The van der Waals surface area contributed by atoms with Gasteiger partial charge in [0.25, 0.3) is 0 Å². The van der Waals surface area contributed by atoms with Crippen molar-refractivity contribution in [2.75, 3.05) is 13.2 Å². The molecule has 3 heteroatoms. The number of hydrogen-bond donors (Lipinski definition) is 2. The van der Waals surface area contributed by atoms with Gasteiger partial charge in [0.05, 0.1) is 0 Å². The van der Waals surface area contributed by atoms with Crippen LogP contribution in [-0.4, -0.2) is 18.3 Å². The average Bonchev–Trinajstić information content (AvgIpc) is 2.34. The molecule has 0 saturated heterocycles. The average molecular weight is 256 g/mol. The van der Waals surface area contributed by atoms with Crippen LogP contribution in [0.4, 0.5) is 0 Å². The number of unbranched alkanes of at least 4 members (excludes halogenated alkanes) is 3. The summed E-state index contributed by atoms with van der Waals surface area (Å²) in [4.78, 5) is 0. The predicted octanol–water partition coefficient (Wildman–Crippen LogP) is 3.54. The minimum Gasteiger partial charge on any atom is -0.396 e. The third-order valence-corrected chi connectivity index (χ3v) is 3.16. The number of hydrogen-bond acceptors (Lipinski definition) is 2. The van der Waals surface area contributed by atoms with E-state index in [1.165, 1.54) is 12.0 Å². The molecule has 1 atom stereocenters. The number of halogens is 1. The first-order chi connectivity index (χ1) is 8.24. The van der Waals surface area contributed by atoms with Crippen LogP contribution in [-0.2, 0) is 0 Å². The summed E-state index contributed by atoms with van der Waals surface area (Å²) in [5.41, 5.74) is 1.27. The molecule has 0 spiro atoms. The Balaban J connectivity index is 2.16. The lowest BCUT2D eigenvalue weighted by molar-refractivity contribution is 0.282. The molecule has 1 aromatic rings. The summed E-state index contributed by atoms with van der Waals surface area (Å²) in [5, 5.41) is 12.9. The molecule has 0 bridgehead atoms. The molecule has 96 valence electrons. The molecule has 0 aliphatic carbocycles. The summed E-state index contributed by atoms with van der Waals surface area (Å²) in [6.45, 7) is 3.50. The van der Waals surface area contributed by atoms with Crippen molar-refractivity contribution in [1.29, 1.82) is 0 Å². The Labute approximate surface area is 109 Å². The molecule has 0 saturated carbocycles. The molecule has 2 N–H and O–H groups in total. The second-order valence-electron chi connectivity index (χ2n) is 4.37. The fraction of sp³-hybridized carbons (Fsp3) is 0.571. The summed E-state index contributed by atoms with van der Waals surface area (Å²) in [6, 6.07) is 8.34. The van der Waals surface area contributed by atoms with Gasteiger partial charge in [-0.05, 0) is 44.0 Å². The van der Waals surface area contributed by atoms with E-state index in [0.29, 0.717) is 12.6 Å². The van der Waals surface area contributed by atoms with Crippen LogP contribution in [0.5, 0.6) is 0 Å². The summed E-state index contributed by atoms with van der Waals surface area (Å²) >= 11 is 5.85. The number of aliphatic hydroxyl groups excluding tert-OH is 1. The number of benzene rings is 1. The molecule has 1 aromatic carbocycles. The maximum Gasteiger partial charge on any atom is 0.0431 e. The molecule has 0 aliphatic heterocycles. The van der Waals surface area contributed by atoms with Gasteiger partial charge in [-0.2, -0.15) is 0 Å². The van der Waals surface area contributed by atoms with Crippen molar-refractivity contribution >= 4 is 11.6 Å². The van der Waals surface area contributed by atoms with E-state index in [0.717, 1.165) is 30.8 Å². The van der Waals surface area contributed by atoms with Gasteiger partial charge in [-0.3, -0.25) is 0 Å². The van der Waals surface area contributed by atoms with Gasteiger partial charge in [-0.15, -0.1) is 0 Å². The van der Waals surface area contributed by atoms with E-state index in [2.05, 4.69) is 24.4 Å². The highest BCUT2D eigenvalue weighted by Gasteiger charge is 2.03. The van der Waals surface area contributed by atoms with Crippen LogP contribution in [0.2, 0.25) is 5.02 Å². The second kappa shape index (κ2) is 8.51. The fourth-order valence-corrected chi connectivity index (χ4v) is 1.90. The molecule has 17 heavy (non-hydrogen) atoms. The lowest BCUT2D eigenvalue weighted by atomic mass is 10.1. The maximum absolute atomic E-state index is 8.66. The Morgan fingerprint density at radius 1 is 1.12 bits per heavy atom. The molecule has 0 heterocycles. The maximum atomic E-state index is 8.66. The topological polar surface area (TPSA) is 32.3 Å². The monoisotopic (exact) mass is 255 g/mol. The van der Waals surface area contributed by atoms with Gasteiger partial charge in [0, 0.05) is 17.7 Å². The summed E-state index contributed by atoms with van der Waals surface area (Å²) in [5.74, 6) is 0. The highest BCUT2D eigenvalue weighted by molar-refractivity contribution is 6.30. The first kappa shape index (κ1) is 14.5. The molecule has 0 aliphatic rings. The summed E-state index contributed by atoms with van der Waals surface area (Å²) < 4.78 is 0. The van der Waals surface area contributed by atoms with Crippen molar-refractivity contribution in [2.24, 2.45) is 0 Å².